The lowest BCUT2D eigenvalue weighted by Crippen LogP contribution is -2.21. The predicted octanol–water partition coefficient (Wildman–Crippen LogP) is 3.62. The monoisotopic (exact) mass is 273 g/mol. The smallest absolute Gasteiger partial charge is 0.170 e. The zero-order valence-corrected chi connectivity index (χ0v) is 11.7. The van der Waals surface area contributed by atoms with E-state index in [9.17, 15) is 4.39 Å². The second-order valence-electron chi connectivity index (χ2n) is 4.65. The Balaban J connectivity index is 2.41. The van der Waals surface area contributed by atoms with Gasteiger partial charge in [0.2, 0.25) is 0 Å². The van der Waals surface area contributed by atoms with Gasteiger partial charge in [-0.3, -0.25) is 0 Å². The van der Waals surface area contributed by atoms with Gasteiger partial charge < -0.3 is 10.6 Å². The van der Waals surface area contributed by atoms with Crippen molar-refractivity contribution in [3.8, 4) is 0 Å². The number of halogens is 1. The largest absolute Gasteiger partial charge is 0.326 e. The number of nitrogens with zero attached hydrogens (tertiary/aromatic N) is 2. The number of hydrogen-bond acceptors (Lipinski definition) is 3. The lowest BCUT2D eigenvalue weighted by molar-refractivity contribution is 0.599. The van der Waals surface area contributed by atoms with Gasteiger partial charge in [-0.1, -0.05) is 31.5 Å². The summed E-state index contributed by atoms with van der Waals surface area (Å²) in [6, 6.07) is 11.4. The molecular weight excluding hydrogens is 253 g/mol. The molecule has 0 atom stereocenters. The fourth-order valence-electron chi connectivity index (χ4n) is 2.10. The molecule has 1 aromatic heterocycles. The molecule has 0 radical (unpaired) electrons. The Morgan fingerprint density at radius 1 is 1.20 bits per heavy atom. The number of benzene rings is 1. The van der Waals surface area contributed by atoms with E-state index in [1.54, 1.807) is 12.3 Å². The maximum atomic E-state index is 14.5. The number of unbranched alkanes of at least 4 members (excludes halogenated alkanes) is 1. The van der Waals surface area contributed by atoms with Crippen molar-refractivity contribution in [1.82, 2.24) is 4.98 Å². The summed E-state index contributed by atoms with van der Waals surface area (Å²) in [6.07, 6.45) is 3.63. The highest BCUT2D eigenvalue weighted by Crippen LogP contribution is 2.27. The molecule has 106 valence electrons. The molecule has 1 aromatic carbocycles. The fourth-order valence-corrected chi connectivity index (χ4v) is 2.10. The van der Waals surface area contributed by atoms with Gasteiger partial charge in [0.1, 0.15) is 0 Å². The number of hydrogen-bond donors (Lipinski definition) is 1. The lowest BCUT2D eigenvalue weighted by atomic mass is 10.2. The van der Waals surface area contributed by atoms with Crippen molar-refractivity contribution < 1.29 is 4.39 Å². The first-order valence-electron chi connectivity index (χ1n) is 6.94. The highest BCUT2D eigenvalue weighted by atomic mass is 19.1. The summed E-state index contributed by atoms with van der Waals surface area (Å²) in [6.45, 7) is 3.03. The molecular formula is C16H20FN3. The summed E-state index contributed by atoms with van der Waals surface area (Å²) < 4.78 is 14.5. The molecule has 4 heteroatoms. The Morgan fingerprint density at radius 3 is 2.60 bits per heavy atom. The predicted molar refractivity (Wildman–Crippen MR) is 80.4 cm³/mol. The van der Waals surface area contributed by atoms with Gasteiger partial charge in [0.05, 0.1) is 0 Å². The Labute approximate surface area is 119 Å². The van der Waals surface area contributed by atoms with Crippen LogP contribution in [0.2, 0.25) is 0 Å². The molecule has 1 heterocycles. The maximum absolute atomic E-state index is 14.5. The second kappa shape index (κ2) is 7.01. The van der Waals surface area contributed by atoms with Crippen LogP contribution in [0.15, 0.2) is 42.6 Å². The summed E-state index contributed by atoms with van der Waals surface area (Å²) in [4.78, 5) is 6.13. The Bertz CT molecular complexity index is 543. The molecule has 0 bridgehead atoms. The van der Waals surface area contributed by atoms with E-state index >= 15 is 0 Å². The van der Waals surface area contributed by atoms with Gasteiger partial charge in [0.15, 0.2) is 11.6 Å². The van der Waals surface area contributed by atoms with E-state index in [1.807, 2.05) is 35.2 Å². The molecule has 0 saturated carbocycles. The highest BCUT2D eigenvalue weighted by molar-refractivity contribution is 5.60. The van der Waals surface area contributed by atoms with Gasteiger partial charge in [-0.25, -0.2) is 9.37 Å². The molecule has 0 spiro atoms. The molecule has 0 aliphatic rings. The van der Waals surface area contributed by atoms with Crippen LogP contribution in [-0.4, -0.2) is 11.5 Å². The maximum Gasteiger partial charge on any atom is 0.170 e. The van der Waals surface area contributed by atoms with Crippen LogP contribution in [0.5, 0.6) is 0 Å². The average Bonchev–Trinajstić information content (AvgIpc) is 2.50. The van der Waals surface area contributed by atoms with Crippen LogP contribution in [0.3, 0.4) is 0 Å². The van der Waals surface area contributed by atoms with Crippen LogP contribution in [0.4, 0.5) is 15.9 Å². The fraction of sp³-hybridized carbons (Fsp3) is 0.312. The van der Waals surface area contributed by atoms with Crippen molar-refractivity contribution >= 4 is 11.5 Å². The minimum atomic E-state index is -0.324. The zero-order valence-electron chi connectivity index (χ0n) is 11.7. The topological polar surface area (TPSA) is 42.2 Å². The first kappa shape index (κ1) is 14.5. The summed E-state index contributed by atoms with van der Waals surface area (Å²) in [5, 5.41) is 0. The van der Waals surface area contributed by atoms with Crippen molar-refractivity contribution in [2.75, 3.05) is 11.4 Å². The summed E-state index contributed by atoms with van der Waals surface area (Å²) in [7, 11) is 0. The number of para-hydroxylation sites is 1. The molecule has 2 N–H and O–H groups in total. The van der Waals surface area contributed by atoms with Crippen LogP contribution in [0, 0.1) is 5.82 Å². The third kappa shape index (κ3) is 3.14. The van der Waals surface area contributed by atoms with Crippen molar-refractivity contribution in [2.24, 2.45) is 5.73 Å². The molecule has 2 rings (SSSR count). The van der Waals surface area contributed by atoms with E-state index in [0.717, 1.165) is 25.1 Å². The van der Waals surface area contributed by atoms with E-state index in [0.29, 0.717) is 11.4 Å². The third-order valence-electron chi connectivity index (χ3n) is 3.23. The zero-order chi connectivity index (χ0) is 14.4. The van der Waals surface area contributed by atoms with Crippen LogP contribution in [0.25, 0.3) is 0 Å². The van der Waals surface area contributed by atoms with Gasteiger partial charge in [0, 0.05) is 30.5 Å². The number of rotatable bonds is 6. The van der Waals surface area contributed by atoms with Gasteiger partial charge in [-0.05, 0) is 24.6 Å². The van der Waals surface area contributed by atoms with Gasteiger partial charge in [-0.15, -0.1) is 0 Å². The van der Waals surface area contributed by atoms with Gasteiger partial charge in [-0.2, -0.15) is 0 Å². The van der Waals surface area contributed by atoms with Crippen molar-refractivity contribution in [2.45, 2.75) is 26.3 Å². The molecule has 20 heavy (non-hydrogen) atoms. The highest BCUT2D eigenvalue weighted by Gasteiger charge is 2.16. The van der Waals surface area contributed by atoms with Gasteiger partial charge in [0.25, 0.3) is 0 Å². The Morgan fingerprint density at radius 2 is 1.95 bits per heavy atom. The summed E-state index contributed by atoms with van der Waals surface area (Å²) >= 11 is 0. The first-order valence-corrected chi connectivity index (χ1v) is 6.94. The molecule has 2 aromatic rings. The van der Waals surface area contributed by atoms with E-state index in [2.05, 4.69) is 11.9 Å². The molecule has 0 amide bonds. The number of aromatic nitrogens is 1. The minimum absolute atomic E-state index is 0.178. The summed E-state index contributed by atoms with van der Waals surface area (Å²) in [5.41, 5.74) is 7.01. The molecule has 0 unspecified atom stereocenters. The lowest BCUT2D eigenvalue weighted by Gasteiger charge is -2.24. The SMILES string of the molecule is CCCCN(c1ccccc1)c1nccc(CN)c1F. The molecule has 0 aliphatic carbocycles. The quantitative estimate of drug-likeness (QED) is 0.874. The number of pyridine rings is 1. The van der Waals surface area contributed by atoms with Crippen molar-refractivity contribution in [1.29, 1.82) is 0 Å². The summed E-state index contributed by atoms with van der Waals surface area (Å²) in [5.74, 6) is 0.0301. The molecule has 3 nitrogen and oxygen atoms in total. The first-order chi connectivity index (χ1) is 9.77. The number of nitrogens with two attached hydrogens (primary N) is 1. The van der Waals surface area contributed by atoms with Gasteiger partial charge >= 0.3 is 0 Å². The molecule has 0 fully saturated rings. The minimum Gasteiger partial charge on any atom is -0.326 e. The van der Waals surface area contributed by atoms with E-state index in [-0.39, 0.29) is 12.4 Å². The van der Waals surface area contributed by atoms with Crippen LogP contribution in [-0.2, 0) is 6.54 Å². The molecule has 0 aliphatic heterocycles. The van der Waals surface area contributed by atoms with Crippen LogP contribution in [0.1, 0.15) is 25.3 Å². The third-order valence-corrected chi connectivity index (χ3v) is 3.23. The van der Waals surface area contributed by atoms with Crippen LogP contribution < -0.4 is 10.6 Å². The van der Waals surface area contributed by atoms with E-state index in [4.69, 9.17) is 5.73 Å². The normalized spacial score (nSPS) is 10.6. The van der Waals surface area contributed by atoms with E-state index in [1.165, 1.54) is 0 Å². The second-order valence-corrected chi connectivity index (χ2v) is 4.65. The molecule has 0 saturated heterocycles. The van der Waals surface area contributed by atoms with E-state index < -0.39 is 0 Å². The Kier molecular flexibility index (Phi) is 5.07. The Hall–Kier alpha value is -1.94. The van der Waals surface area contributed by atoms with Crippen LogP contribution >= 0.6 is 0 Å². The van der Waals surface area contributed by atoms with Crippen molar-refractivity contribution in [3.05, 3.63) is 54.0 Å². The van der Waals surface area contributed by atoms with Crippen molar-refractivity contribution in [3.63, 3.8) is 0 Å². The average molecular weight is 273 g/mol. The number of anilines is 2. The standard InChI is InChI=1S/C16H20FN3/c1-2-3-11-20(14-7-5-4-6-8-14)16-15(17)13(12-18)9-10-19-16/h4-10H,2-3,11-12,18H2,1H3.